The molecule has 2 N–H and O–H groups in total. The van der Waals surface area contributed by atoms with E-state index in [9.17, 15) is 9.59 Å². The Morgan fingerprint density at radius 3 is 2.67 bits per heavy atom. The molecule has 0 radical (unpaired) electrons. The summed E-state index contributed by atoms with van der Waals surface area (Å²) in [6.45, 7) is -0.505. The molecule has 0 saturated heterocycles. The number of hydrogen-bond acceptors (Lipinski definition) is 4. The molecular formula is C7H5Cl2N3O3. The molecule has 1 heterocycles. The second kappa shape index (κ2) is 4.90. The van der Waals surface area contributed by atoms with E-state index >= 15 is 0 Å². The number of nitrogens with one attached hydrogen (secondary N) is 1. The number of carbonyl (C=O) groups is 2. The lowest BCUT2D eigenvalue weighted by Gasteiger charge is -2.03. The largest absolute Gasteiger partial charge is 0.480 e. The fourth-order valence-corrected chi connectivity index (χ4v) is 1.09. The Balaban J connectivity index is 2.81. The van der Waals surface area contributed by atoms with Gasteiger partial charge in [-0.25, -0.2) is 0 Å². The molecule has 0 fully saturated rings. The van der Waals surface area contributed by atoms with E-state index in [1.54, 1.807) is 0 Å². The van der Waals surface area contributed by atoms with Crippen LogP contribution in [0.3, 0.4) is 0 Å². The molecule has 0 aliphatic heterocycles. The lowest BCUT2D eigenvalue weighted by atomic mass is 10.3. The Morgan fingerprint density at radius 2 is 2.07 bits per heavy atom. The first-order valence-corrected chi connectivity index (χ1v) is 4.45. The summed E-state index contributed by atoms with van der Waals surface area (Å²) < 4.78 is 0. The van der Waals surface area contributed by atoms with Gasteiger partial charge in [-0.2, -0.15) is 0 Å². The van der Waals surface area contributed by atoms with Crippen LogP contribution in [-0.4, -0.2) is 33.7 Å². The number of nitrogens with zero attached hydrogens (tertiary/aromatic N) is 2. The monoisotopic (exact) mass is 249 g/mol. The zero-order chi connectivity index (χ0) is 11.4. The summed E-state index contributed by atoms with van der Waals surface area (Å²) >= 11 is 11.1. The van der Waals surface area contributed by atoms with Gasteiger partial charge in [0, 0.05) is 0 Å². The number of carbonyl (C=O) groups excluding carboxylic acids is 1. The Hall–Kier alpha value is -1.40. The molecule has 1 amide bonds. The third-order valence-corrected chi connectivity index (χ3v) is 1.83. The van der Waals surface area contributed by atoms with Crippen molar-refractivity contribution in [3.8, 4) is 0 Å². The molecule has 6 nitrogen and oxygen atoms in total. The Kier molecular flexibility index (Phi) is 3.81. The van der Waals surface area contributed by atoms with Crippen LogP contribution in [0.2, 0.25) is 10.3 Å². The van der Waals surface area contributed by atoms with E-state index in [4.69, 9.17) is 28.3 Å². The predicted octanol–water partition coefficient (Wildman–Crippen LogP) is 0.598. The SMILES string of the molecule is O=C(O)CNC(=O)c1cc(Cl)nnc1Cl. The van der Waals surface area contributed by atoms with Crippen molar-refractivity contribution in [1.29, 1.82) is 0 Å². The first kappa shape index (κ1) is 11.7. The van der Waals surface area contributed by atoms with Crippen molar-refractivity contribution in [1.82, 2.24) is 15.5 Å². The van der Waals surface area contributed by atoms with Gasteiger partial charge in [0.2, 0.25) is 0 Å². The van der Waals surface area contributed by atoms with E-state index in [2.05, 4.69) is 15.5 Å². The Morgan fingerprint density at radius 1 is 1.40 bits per heavy atom. The van der Waals surface area contributed by atoms with Crippen molar-refractivity contribution in [2.45, 2.75) is 0 Å². The second-order valence-corrected chi connectivity index (χ2v) is 3.19. The van der Waals surface area contributed by atoms with Crippen LogP contribution in [0, 0.1) is 0 Å². The number of rotatable bonds is 3. The molecule has 0 unspecified atom stereocenters. The molecule has 0 aliphatic carbocycles. The molecule has 0 saturated carbocycles. The topological polar surface area (TPSA) is 92.2 Å². The van der Waals surface area contributed by atoms with Crippen LogP contribution in [0.1, 0.15) is 10.4 Å². The minimum Gasteiger partial charge on any atom is -0.480 e. The van der Waals surface area contributed by atoms with Gasteiger partial charge in [-0.3, -0.25) is 9.59 Å². The summed E-state index contributed by atoms with van der Waals surface area (Å²) in [6.07, 6.45) is 0. The van der Waals surface area contributed by atoms with E-state index in [0.29, 0.717) is 0 Å². The molecule has 1 rings (SSSR count). The average molecular weight is 250 g/mol. The van der Waals surface area contributed by atoms with Gasteiger partial charge < -0.3 is 10.4 Å². The standard InChI is InChI=1S/C7H5Cl2N3O3/c8-4-1-3(6(9)12-11-4)7(15)10-2-5(13)14/h1H,2H2,(H,10,15)(H,13,14). The van der Waals surface area contributed by atoms with Crippen molar-refractivity contribution in [2.75, 3.05) is 6.54 Å². The van der Waals surface area contributed by atoms with Crippen molar-refractivity contribution in [3.63, 3.8) is 0 Å². The maximum absolute atomic E-state index is 11.3. The lowest BCUT2D eigenvalue weighted by molar-refractivity contribution is -0.135. The van der Waals surface area contributed by atoms with Gasteiger partial charge in [0.15, 0.2) is 10.3 Å². The number of hydrogen-bond donors (Lipinski definition) is 2. The van der Waals surface area contributed by atoms with Crippen LogP contribution in [0.15, 0.2) is 6.07 Å². The van der Waals surface area contributed by atoms with Crippen LogP contribution < -0.4 is 5.32 Å². The van der Waals surface area contributed by atoms with E-state index in [-0.39, 0.29) is 15.9 Å². The van der Waals surface area contributed by atoms with Crippen molar-refractivity contribution >= 4 is 35.1 Å². The minimum absolute atomic E-state index is 0.000116. The number of carboxylic acid groups (broad SMARTS) is 1. The van der Waals surface area contributed by atoms with Gasteiger partial charge in [0.25, 0.3) is 5.91 Å². The zero-order valence-corrected chi connectivity index (χ0v) is 8.71. The quantitative estimate of drug-likeness (QED) is 0.819. The van der Waals surface area contributed by atoms with Gasteiger partial charge in [0.1, 0.15) is 6.54 Å². The first-order chi connectivity index (χ1) is 7.00. The molecule has 0 aliphatic rings. The number of aliphatic carboxylic acids is 1. The van der Waals surface area contributed by atoms with E-state index in [1.807, 2.05) is 0 Å². The van der Waals surface area contributed by atoms with Crippen LogP contribution >= 0.6 is 23.2 Å². The van der Waals surface area contributed by atoms with Crippen molar-refractivity contribution in [2.24, 2.45) is 0 Å². The van der Waals surface area contributed by atoms with E-state index in [1.165, 1.54) is 6.07 Å². The first-order valence-electron chi connectivity index (χ1n) is 3.69. The van der Waals surface area contributed by atoms with Gasteiger partial charge in [-0.1, -0.05) is 23.2 Å². The van der Waals surface area contributed by atoms with Gasteiger partial charge in [-0.15, -0.1) is 10.2 Å². The maximum Gasteiger partial charge on any atom is 0.322 e. The fraction of sp³-hybridized carbons (Fsp3) is 0.143. The van der Waals surface area contributed by atoms with Crippen molar-refractivity contribution < 1.29 is 14.7 Å². The number of aromatic nitrogens is 2. The summed E-state index contributed by atoms with van der Waals surface area (Å²) in [5.41, 5.74) is -0.0158. The number of carboxylic acids is 1. The highest BCUT2D eigenvalue weighted by Gasteiger charge is 2.13. The maximum atomic E-state index is 11.3. The van der Waals surface area contributed by atoms with Gasteiger partial charge >= 0.3 is 5.97 Å². The summed E-state index contributed by atoms with van der Waals surface area (Å²) in [6, 6.07) is 1.20. The molecule has 0 spiro atoms. The van der Waals surface area contributed by atoms with Gasteiger partial charge in [0.05, 0.1) is 5.56 Å². The molecule has 0 aromatic carbocycles. The number of halogens is 2. The average Bonchev–Trinajstić information content (AvgIpc) is 2.18. The molecule has 0 bridgehead atoms. The molecule has 1 aromatic heterocycles. The van der Waals surface area contributed by atoms with Gasteiger partial charge in [-0.05, 0) is 6.07 Å². The van der Waals surface area contributed by atoms with Crippen LogP contribution in [0.25, 0.3) is 0 Å². The molecule has 15 heavy (non-hydrogen) atoms. The third kappa shape index (κ3) is 3.34. The summed E-state index contributed by atoms with van der Waals surface area (Å²) in [4.78, 5) is 21.5. The Labute approximate surface area is 94.2 Å². The lowest BCUT2D eigenvalue weighted by Crippen LogP contribution is -2.29. The van der Waals surface area contributed by atoms with Crippen LogP contribution in [0.4, 0.5) is 0 Å². The number of amides is 1. The summed E-state index contributed by atoms with van der Waals surface area (Å²) in [5.74, 6) is -1.83. The highest BCUT2D eigenvalue weighted by atomic mass is 35.5. The highest BCUT2D eigenvalue weighted by Crippen LogP contribution is 2.14. The normalized spacial score (nSPS) is 9.73. The summed E-state index contributed by atoms with van der Waals surface area (Å²) in [5, 5.41) is 17.1. The van der Waals surface area contributed by atoms with E-state index in [0.717, 1.165) is 0 Å². The zero-order valence-electron chi connectivity index (χ0n) is 7.20. The molecular weight excluding hydrogens is 245 g/mol. The Bertz CT molecular complexity index is 410. The molecule has 8 heteroatoms. The summed E-state index contributed by atoms with van der Waals surface area (Å²) in [7, 11) is 0. The minimum atomic E-state index is -1.16. The molecule has 80 valence electrons. The predicted molar refractivity (Wildman–Crippen MR) is 52.0 cm³/mol. The van der Waals surface area contributed by atoms with E-state index < -0.39 is 18.4 Å². The van der Waals surface area contributed by atoms with Crippen molar-refractivity contribution in [3.05, 3.63) is 21.9 Å². The molecule has 0 atom stereocenters. The smallest absolute Gasteiger partial charge is 0.322 e. The van der Waals surface area contributed by atoms with Crippen LogP contribution in [-0.2, 0) is 4.79 Å². The van der Waals surface area contributed by atoms with Crippen LogP contribution in [0.5, 0.6) is 0 Å². The highest BCUT2D eigenvalue weighted by molar-refractivity contribution is 6.34. The second-order valence-electron chi connectivity index (χ2n) is 2.45. The fourth-order valence-electron chi connectivity index (χ4n) is 0.763. The molecule has 1 aromatic rings. The third-order valence-electron chi connectivity index (χ3n) is 1.36.